The van der Waals surface area contributed by atoms with Crippen molar-refractivity contribution in [2.75, 3.05) is 19.7 Å². The van der Waals surface area contributed by atoms with E-state index in [9.17, 15) is 4.79 Å². The molecule has 5 aromatic rings. The van der Waals surface area contributed by atoms with Crippen LogP contribution in [0.1, 0.15) is 28.9 Å². The molecule has 2 aliphatic heterocycles. The van der Waals surface area contributed by atoms with Crippen LogP contribution in [0.15, 0.2) is 61.1 Å². The number of carbonyl (C=O) groups excluding carboxylic acids is 1. The third-order valence-electron chi connectivity index (χ3n) is 7.35. The number of rotatable bonds is 4. The number of imidazole rings is 1. The van der Waals surface area contributed by atoms with E-state index in [-0.39, 0.29) is 11.9 Å². The number of piperidine rings is 1. The standard InChI is InChI=1S/C28H27N7O2/c29-20-5-3-9-33(16-20)28(36)19-12-22-26-25(14-19)37-11-10-34(26)27(32-22)24-13-18-4-1-2-6-23(18)35(24)17-21-15-30-7-8-31-21/h1-2,4,6-8,12-15,20H,3,5,9-11,16-17,29H2/t20-/m1/s1. The fraction of sp³-hybridized carbons (Fsp3) is 0.286. The summed E-state index contributed by atoms with van der Waals surface area (Å²) in [5.74, 6) is 1.53. The summed E-state index contributed by atoms with van der Waals surface area (Å²) in [6, 6.07) is 14.3. The van der Waals surface area contributed by atoms with Crippen molar-refractivity contribution in [3.8, 4) is 17.3 Å². The Morgan fingerprint density at radius 2 is 2.05 bits per heavy atom. The molecule has 37 heavy (non-hydrogen) atoms. The zero-order chi connectivity index (χ0) is 24.9. The van der Waals surface area contributed by atoms with Gasteiger partial charge in [0.15, 0.2) is 5.82 Å². The van der Waals surface area contributed by atoms with Crippen molar-refractivity contribution in [1.29, 1.82) is 0 Å². The third kappa shape index (κ3) is 3.74. The summed E-state index contributed by atoms with van der Waals surface area (Å²) in [6.45, 7) is 3.07. The van der Waals surface area contributed by atoms with Gasteiger partial charge in [0.1, 0.15) is 17.9 Å². The number of likely N-dealkylation sites (tertiary alicyclic amines) is 1. The van der Waals surface area contributed by atoms with Crippen LogP contribution in [0.5, 0.6) is 5.75 Å². The van der Waals surface area contributed by atoms with Crippen molar-refractivity contribution in [3.05, 3.63) is 72.3 Å². The lowest BCUT2D eigenvalue weighted by Crippen LogP contribution is -2.45. The van der Waals surface area contributed by atoms with Crippen LogP contribution in [0.2, 0.25) is 0 Å². The van der Waals surface area contributed by atoms with Gasteiger partial charge in [0.25, 0.3) is 5.91 Å². The van der Waals surface area contributed by atoms with Gasteiger partial charge in [-0.1, -0.05) is 18.2 Å². The van der Waals surface area contributed by atoms with Crippen LogP contribution in [0, 0.1) is 0 Å². The average molecular weight is 494 g/mol. The Morgan fingerprint density at radius 1 is 1.14 bits per heavy atom. The van der Waals surface area contributed by atoms with Gasteiger partial charge in [-0.2, -0.15) is 0 Å². The molecule has 9 heteroatoms. The van der Waals surface area contributed by atoms with Gasteiger partial charge in [-0.15, -0.1) is 0 Å². The number of hydrogen-bond acceptors (Lipinski definition) is 6. The fourth-order valence-electron chi connectivity index (χ4n) is 5.64. The molecule has 7 rings (SSSR count). The van der Waals surface area contributed by atoms with Crippen LogP contribution in [0.25, 0.3) is 33.5 Å². The number of ether oxygens (including phenoxy) is 1. The van der Waals surface area contributed by atoms with Crippen molar-refractivity contribution >= 4 is 27.8 Å². The molecule has 1 saturated heterocycles. The predicted molar refractivity (Wildman–Crippen MR) is 140 cm³/mol. The Hall–Kier alpha value is -4.24. The summed E-state index contributed by atoms with van der Waals surface area (Å²) in [7, 11) is 0. The summed E-state index contributed by atoms with van der Waals surface area (Å²) in [5.41, 5.74) is 11.4. The first kappa shape index (κ1) is 22.0. The monoisotopic (exact) mass is 493 g/mol. The quantitative estimate of drug-likeness (QED) is 0.411. The van der Waals surface area contributed by atoms with E-state index in [4.69, 9.17) is 15.5 Å². The predicted octanol–water partition coefficient (Wildman–Crippen LogP) is 3.45. The highest BCUT2D eigenvalue weighted by atomic mass is 16.5. The summed E-state index contributed by atoms with van der Waals surface area (Å²) in [6.07, 6.45) is 7.06. The summed E-state index contributed by atoms with van der Waals surface area (Å²) >= 11 is 0. The van der Waals surface area contributed by atoms with Crippen molar-refractivity contribution in [2.45, 2.75) is 32.0 Å². The topological polar surface area (TPSA) is 104 Å². The first-order valence-corrected chi connectivity index (χ1v) is 12.7. The van der Waals surface area contributed by atoms with Gasteiger partial charge < -0.3 is 24.5 Å². The second-order valence-corrected chi connectivity index (χ2v) is 9.80. The van der Waals surface area contributed by atoms with Crippen LogP contribution in [-0.2, 0) is 13.1 Å². The Labute approximate surface area is 213 Å². The fourth-order valence-corrected chi connectivity index (χ4v) is 5.64. The number of fused-ring (bicyclic) bond motifs is 1. The molecule has 186 valence electrons. The van der Waals surface area contributed by atoms with Crippen molar-refractivity contribution < 1.29 is 9.53 Å². The Bertz CT molecular complexity index is 1640. The van der Waals surface area contributed by atoms with E-state index < -0.39 is 0 Å². The lowest BCUT2D eigenvalue weighted by Gasteiger charge is -2.31. The van der Waals surface area contributed by atoms with E-state index in [0.717, 1.165) is 58.5 Å². The number of carbonyl (C=O) groups is 1. The summed E-state index contributed by atoms with van der Waals surface area (Å²) in [4.78, 5) is 29.1. The molecule has 0 saturated carbocycles. The van der Waals surface area contributed by atoms with E-state index in [1.54, 1.807) is 18.6 Å². The van der Waals surface area contributed by atoms with Gasteiger partial charge in [-0.25, -0.2) is 4.98 Å². The average Bonchev–Trinajstić information content (AvgIpc) is 3.48. The first-order valence-electron chi connectivity index (χ1n) is 12.7. The van der Waals surface area contributed by atoms with Crippen LogP contribution >= 0.6 is 0 Å². The number of nitrogens with zero attached hydrogens (tertiary/aromatic N) is 6. The lowest BCUT2D eigenvalue weighted by molar-refractivity contribution is 0.0708. The van der Waals surface area contributed by atoms with E-state index in [2.05, 4.69) is 37.3 Å². The maximum atomic E-state index is 13.4. The van der Waals surface area contributed by atoms with Gasteiger partial charge in [-0.3, -0.25) is 14.8 Å². The highest BCUT2D eigenvalue weighted by Gasteiger charge is 2.27. The molecule has 9 nitrogen and oxygen atoms in total. The molecule has 0 aliphatic carbocycles. The van der Waals surface area contributed by atoms with E-state index >= 15 is 0 Å². The van der Waals surface area contributed by atoms with E-state index in [0.29, 0.717) is 37.6 Å². The smallest absolute Gasteiger partial charge is 0.254 e. The van der Waals surface area contributed by atoms with Gasteiger partial charge >= 0.3 is 0 Å². The van der Waals surface area contributed by atoms with Crippen molar-refractivity contribution in [3.63, 3.8) is 0 Å². The van der Waals surface area contributed by atoms with Crippen LogP contribution < -0.4 is 10.5 Å². The molecule has 0 bridgehead atoms. The van der Waals surface area contributed by atoms with E-state index in [1.165, 1.54) is 0 Å². The molecule has 0 spiro atoms. The molecule has 5 heterocycles. The second kappa shape index (κ2) is 8.70. The van der Waals surface area contributed by atoms with Crippen LogP contribution in [-0.4, -0.2) is 60.6 Å². The molecule has 2 N–H and O–H groups in total. The second-order valence-electron chi connectivity index (χ2n) is 9.80. The largest absolute Gasteiger partial charge is 0.489 e. The molecule has 1 amide bonds. The van der Waals surface area contributed by atoms with Gasteiger partial charge in [-0.05, 0) is 37.1 Å². The number of nitrogens with two attached hydrogens (primary N) is 1. The minimum absolute atomic E-state index is 0.0182. The van der Waals surface area contributed by atoms with Crippen molar-refractivity contribution in [1.82, 2.24) is 29.0 Å². The number of hydrogen-bond donors (Lipinski definition) is 1. The zero-order valence-corrected chi connectivity index (χ0v) is 20.4. The number of benzene rings is 2. The van der Waals surface area contributed by atoms with Crippen LogP contribution in [0.4, 0.5) is 0 Å². The molecule has 0 unspecified atom stereocenters. The Kier molecular flexibility index (Phi) is 5.17. The maximum absolute atomic E-state index is 13.4. The highest BCUT2D eigenvalue weighted by Crippen LogP contribution is 2.37. The molecule has 2 aromatic carbocycles. The molecule has 0 radical (unpaired) electrons. The molecule has 3 aromatic heterocycles. The minimum atomic E-state index is -0.0182. The molecule has 1 atom stereocenters. The van der Waals surface area contributed by atoms with E-state index in [1.807, 2.05) is 29.2 Å². The number of para-hydroxylation sites is 1. The van der Waals surface area contributed by atoms with Crippen LogP contribution in [0.3, 0.4) is 0 Å². The summed E-state index contributed by atoms with van der Waals surface area (Å²) < 4.78 is 10.5. The number of amides is 1. The van der Waals surface area contributed by atoms with Gasteiger partial charge in [0.2, 0.25) is 0 Å². The third-order valence-corrected chi connectivity index (χ3v) is 7.35. The highest BCUT2D eigenvalue weighted by molar-refractivity contribution is 6.00. The normalized spacial score (nSPS) is 17.3. The lowest BCUT2D eigenvalue weighted by atomic mass is 10.0. The molecule has 2 aliphatic rings. The zero-order valence-electron chi connectivity index (χ0n) is 20.4. The maximum Gasteiger partial charge on any atom is 0.254 e. The van der Waals surface area contributed by atoms with Crippen molar-refractivity contribution in [2.24, 2.45) is 5.73 Å². The Balaban J connectivity index is 1.37. The minimum Gasteiger partial charge on any atom is -0.489 e. The first-order chi connectivity index (χ1) is 18.2. The SMILES string of the molecule is N[C@@H]1CCCN(C(=O)c2cc3c4c(c2)nc(-c2cc5ccccc5n2Cc2cnccn2)n4CCO3)C1. The molecular formula is C28H27N7O2. The summed E-state index contributed by atoms with van der Waals surface area (Å²) in [5, 5.41) is 1.13. The molecule has 1 fully saturated rings. The van der Waals surface area contributed by atoms with Gasteiger partial charge in [0.05, 0.1) is 36.2 Å². The van der Waals surface area contributed by atoms with Gasteiger partial charge in [0, 0.05) is 48.0 Å². The Morgan fingerprint density at radius 3 is 2.92 bits per heavy atom. The molecular weight excluding hydrogens is 466 g/mol. The number of aromatic nitrogens is 5.